The van der Waals surface area contributed by atoms with E-state index in [0.29, 0.717) is 41.4 Å². The number of hydrogen-bond donors (Lipinski definition) is 1. The van der Waals surface area contributed by atoms with Crippen molar-refractivity contribution in [3.63, 3.8) is 0 Å². The molecule has 0 aliphatic carbocycles. The van der Waals surface area contributed by atoms with Gasteiger partial charge in [-0.3, -0.25) is 4.90 Å². The van der Waals surface area contributed by atoms with Crippen molar-refractivity contribution in [3.8, 4) is 28.6 Å². The van der Waals surface area contributed by atoms with E-state index in [1.807, 2.05) is 49.4 Å². The normalized spacial score (nSPS) is 15.8. The van der Waals surface area contributed by atoms with Crippen LogP contribution >= 0.6 is 0 Å². The first-order chi connectivity index (χ1) is 17.4. The number of nitrogens with zero attached hydrogens (tertiary/aromatic N) is 3. The van der Waals surface area contributed by atoms with Gasteiger partial charge in [-0.1, -0.05) is 37.2 Å². The van der Waals surface area contributed by atoms with Crippen LogP contribution in [0.1, 0.15) is 44.7 Å². The summed E-state index contributed by atoms with van der Waals surface area (Å²) in [4.78, 5) is 19.6. The van der Waals surface area contributed by atoms with E-state index in [2.05, 4.69) is 24.3 Å². The Hall–Kier alpha value is -4.01. The topological polar surface area (TPSA) is 99.0 Å². The molecule has 0 saturated heterocycles. The Morgan fingerprint density at radius 3 is 2.53 bits per heavy atom. The molecule has 1 aromatic heterocycles. The lowest BCUT2D eigenvalue weighted by Crippen LogP contribution is -2.46. The molecule has 9 heteroatoms. The monoisotopic (exact) mass is 492 g/mol. The van der Waals surface area contributed by atoms with Gasteiger partial charge in [0, 0.05) is 17.8 Å². The highest BCUT2D eigenvalue weighted by Crippen LogP contribution is 2.40. The summed E-state index contributed by atoms with van der Waals surface area (Å²) in [6.07, 6.45) is 0.859. The lowest BCUT2D eigenvalue weighted by molar-refractivity contribution is 0.202. The predicted molar refractivity (Wildman–Crippen MR) is 136 cm³/mol. The fourth-order valence-corrected chi connectivity index (χ4v) is 4.21. The van der Waals surface area contributed by atoms with E-state index in [1.54, 1.807) is 26.2 Å². The summed E-state index contributed by atoms with van der Waals surface area (Å²) in [6.45, 7) is 6.76. The number of amides is 2. The van der Waals surface area contributed by atoms with Crippen LogP contribution in [0.5, 0.6) is 17.2 Å². The zero-order valence-electron chi connectivity index (χ0n) is 21.5. The molecule has 2 amide bonds. The number of benzene rings is 2. The highest BCUT2D eigenvalue weighted by Gasteiger charge is 2.36. The van der Waals surface area contributed by atoms with E-state index in [0.717, 1.165) is 28.8 Å². The number of nitrogens with one attached hydrogen (secondary N) is 1. The van der Waals surface area contributed by atoms with Crippen molar-refractivity contribution >= 4 is 11.6 Å². The van der Waals surface area contributed by atoms with Crippen molar-refractivity contribution in [2.75, 3.05) is 27.9 Å². The second-order valence-electron chi connectivity index (χ2n) is 8.99. The minimum absolute atomic E-state index is 0.177. The molecule has 2 aromatic carbocycles. The van der Waals surface area contributed by atoms with Crippen LogP contribution < -0.4 is 19.5 Å². The molecule has 2 heterocycles. The summed E-state index contributed by atoms with van der Waals surface area (Å²) in [5.41, 5.74) is 3.06. The highest BCUT2D eigenvalue weighted by molar-refractivity contribution is 5.87. The van der Waals surface area contributed by atoms with Crippen molar-refractivity contribution in [2.24, 2.45) is 5.92 Å². The third-order valence-corrected chi connectivity index (χ3v) is 6.25. The Morgan fingerprint density at radius 2 is 1.83 bits per heavy atom. The van der Waals surface area contributed by atoms with E-state index >= 15 is 0 Å². The van der Waals surface area contributed by atoms with Gasteiger partial charge in [-0.25, -0.2) is 4.79 Å². The standard InChI is InChI=1S/C27H32N4O5/c1-16(2)12-13-31-17(3)23(26-29-25(30-36-26)19-8-7-9-20(14-19)33-4)24(28-27(31)32)18-10-11-21(34-5)22(15-18)35-6/h7-11,14-16,24H,12-13H2,1-6H3,(H,28,32). The van der Waals surface area contributed by atoms with Gasteiger partial charge in [0.1, 0.15) is 5.75 Å². The van der Waals surface area contributed by atoms with E-state index < -0.39 is 6.04 Å². The predicted octanol–water partition coefficient (Wildman–Crippen LogP) is 5.31. The number of rotatable bonds is 9. The molecule has 0 bridgehead atoms. The summed E-state index contributed by atoms with van der Waals surface area (Å²) in [5.74, 6) is 3.07. The molecule has 1 atom stereocenters. The molecule has 36 heavy (non-hydrogen) atoms. The lowest BCUT2D eigenvalue weighted by atomic mass is 9.94. The maximum absolute atomic E-state index is 13.2. The minimum atomic E-state index is -0.522. The number of allylic oxidation sites excluding steroid dienone is 1. The number of methoxy groups -OCH3 is 3. The third-order valence-electron chi connectivity index (χ3n) is 6.25. The molecule has 1 N–H and O–H groups in total. The molecule has 0 spiro atoms. The number of hydrogen-bond acceptors (Lipinski definition) is 7. The quantitative estimate of drug-likeness (QED) is 0.432. The summed E-state index contributed by atoms with van der Waals surface area (Å²) >= 11 is 0. The van der Waals surface area contributed by atoms with Gasteiger partial charge in [-0.05, 0) is 49.1 Å². The zero-order chi connectivity index (χ0) is 25.8. The van der Waals surface area contributed by atoms with Gasteiger partial charge in [0.25, 0.3) is 5.89 Å². The fraction of sp³-hybridized carbons (Fsp3) is 0.370. The van der Waals surface area contributed by atoms with Crippen LogP contribution in [-0.2, 0) is 0 Å². The van der Waals surface area contributed by atoms with Crippen molar-refractivity contribution < 1.29 is 23.5 Å². The van der Waals surface area contributed by atoms with E-state index in [-0.39, 0.29) is 6.03 Å². The van der Waals surface area contributed by atoms with Crippen molar-refractivity contribution in [2.45, 2.75) is 33.2 Å². The van der Waals surface area contributed by atoms with E-state index in [1.165, 1.54) is 0 Å². The Bertz CT molecular complexity index is 1270. The van der Waals surface area contributed by atoms with Gasteiger partial charge in [0.05, 0.1) is 32.9 Å². The fourth-order valence-electron chi connectivity index (χ4n) is 4.21. The number of aromatic nitrogens is 2. The number of carbonyl (C=O) groups is 1. The molecular formula is C27H32N4O5. The van der Waals surface area contributed by atoms with Gasteiger partial charge in [-0.15, -0.1) is 0 Å². The average Bonchev–Trinajstić information content (AvgIpc) is 3.37. The maximum atomic E-state index is 13.2. The van der Waals surface area contributed by atoms with Crippen molar-refractivity contribution in [3.05, 3.63) is 59.6 Å². The number of carbonyl (C=O) groups excluding carboxylic acids is 1. The molecule has 1 aliphatic rings. The molecule has 0 saturated carbocycles. The van der Waals surface area contributed by atoms with Crippen LogP contribution in [0.25, 0.3) is 17.0 Å². The summed E-state index contributed by atoms with van der Waals surface area (Å²) < 4.78 is 22.0. The second kappa shape index (κ2) is 10.7. The highest BCUT2D eigenvalue weighted by atomic mass is 16.5. The first-order valence-electron chi connectivity index (χ1n) is 11.9. The van der Waals surface area contributed by atoms with Gasteiger partial charge in [0.2, 0.25) is 5.82 Å². The van der Waals surface area contributed by atoms with Crippen LogP contribution in [0, 0.1) is 5.92 Å². The smallest absolute Gasteiger partial charge is 0.322 e. The van der Waals surface area contributed by atoms with Gasteiger partial charge >= 0.3 is 6.03 Å². The first kappa shape index (κ1) is 25.1. The molecular weight excluding hydrogens is 460 g/mol. The molecule has 3 aromatic rings. The van der Waals surface area contributed by atoms with Crippen molar-refractivity contribution in [1.82, 2.24) is 20.4 Å². The SMILES string of the molecule is COc1cccc(-c2noc(C3=C(C)N(CCC(C)C)C(=O)NC3c3ccc(OC)c(OC)c3)n2)c1. The maximum Gasteiger partial charge on any atom is 0.322 e. The largest absolute Gasteiger partial charge is 0.497 e. The molecule has 0 radical (unpaired) electrons. The molecule has 9 nitrogen and oxygen atoms in total. The summed E-state index contributed by atoms with van der Waals surface area (Å²) in [6, 6.07) is 12.3. The minimum Gasteiger partial charge on any atom is -0.497 e. The number of ether oxygens (including phenoxy) is 3. The molecule has 0 fully saturated rings. The van der Waals surface area contributed by atoms with Crippen LogP contribution in [0.15, 0.2) is 52.7 Å². The summed E-state index contributed by atoms with van der Waals surface area (Å²) in [5, 5.41) is 7.35. The Balaban J connectivity index is 1.81. The Kier molecular flexibility index (Phi) is 7.47. The zero-order valence-corrected chi connectivity index (χ0v) is 21.5. The summed E-state index contributed by atoms with van der Waals surface area (Å²) in [7, 11) is 4.77. The van der Waals surface area contributed by atoms with Gasteiger partial charge < -0.3 is 24.1 Å². The Morgan fingerprint density at radius 1 is 1.06 bits per heavy atom. The Labute approximate surface area is 211 Å². The van der Waals surface area contributed by atoms with Gasteiger partial charge in [-0.2, -0.15) is 4.98 Å². The van der Waals surface area contributed by atoms with Crippen LogP contribution in [0.2, 0.25) is 0 Å². The lowest BCUT2D eigenvalue weighted by Gasteiger charge is -2.35. The van der Waals surface area contributed by atoms with Crippen LogP contribution in [0.3, 0.4) is 0 Å². The average molecular weight is 493 g/mol. The number of urea groups is 1. The second-order valence-corrected chi connectivity index (χ2v) is 8.99. The molecule has 4 rings (SSSR count). The van der Waals surface area contributed by atoms with E-state index in [9.17, 15) is 4.79 Å². The van der Waals surface area contributed by atoms with Crippen LogP contribution in [-0.4, -0.2) is 48.9 Å². The molecule has 190 valence electrons. The first-order valence-corrected chi connectivity index (χ1v) is 11.9. The molecule has 1 aliphatic heterocycles. The van der Waals surface area contributed by atoms with Crippen LogP contribution in [0.4, 0.5) is 4.79 Å². The van der Waals surface area contributed by atoms with E-state index in [4.69, 9.17) is 23.7 Å². The third kappa shape index (κ3) is 5.00. The van der Waals surface area contributed by atoms with Gasteiger partial charge in [0.15, 0.2) is 11.5 Å². The molecule has 1 unspecified atom stereocenters. The van der Waals surface area contributed by atoms with Crippen molar-refractivity contribution in [1.29, 1.82) is 0 Å².